The average molecular weight is 452 g/mol. The van der Waals surface area contributed by atoms with Crippen molar-refractivity contribution in [3.63, 3.8) is 0 Å². The van der Waals surface area contributed by atoms with Gasteiger partial charge in [0, 0.05) is 29.4 Å². The van der Waals surface area contributed by atoms with Crippen molar-refractivity contribution >= 4 is 27.3 Å². The molecule has 4 rings (SSSR count). The quantitative estimate of drug-likeness (QED) is 0.451. The van der Waals surface area contributed by atoms with Gasteiger partial charge in [-0.05, 0) is 54.6 Å². The largest absolute Gasteiger partial charge is 0.334 e. The van der Waals surface area contributed by atoms with E-state index in [1.165, 1.54) is 49.4 Å². The van der Waals surface area contributed by atoms with Crippen molar-refractivity contribution in [2.75, 3.05) is 10.0 Å². The Labute approximate surface area is 183 Å². The van der Waals surface area contributed by atoms with Gasteiger partial charge in [-0.15, -0.1) is 0 Å². The molecule has 1 aromatic heterocycles. The molecule has 0 aliphatic carbocycles. The Bertz CT molecular complexity index is 1390. The van der Waals surface area contributed by atoms with Crippen LogP contribution in [0, 0.1) is 5.82 Å². The zero-order valence-electron chi connectivity index (χ0n) is 16.7. The Kier molecular flexibility index (Phi) is 5.69. The molecule has 4 aromatic rings. The van der Waals surface area contributed by atoms with Crippen LogP contribution in [-0.4, -0.2) is 24.5 Å². The van der Waals surface area contributed by atoms with Crippen molar-refractivity contribution in [2.45, 2.75) is 11.8 Å². The van der Waals surface area contributed by atoms with Crippen molar-refractivity contribution in [3.05, 3.63) is 78.6 Å². The number of nitrogens with one attached hydrogen (secondary N) is 2. The third kappa shape index (κ3) is 4.81. The van der Waals surface area contributed by atoms with Crippen molar-refractivity contribution in [2.24, 2.45) is 0 Å². The Balaban J connectivity index is 1.55. The van der Waals surface area contributed by atoms with Crippen LogP contribution in [0.4, 0.5) is 15.8 Å². The maximum absolute atomic E-state index is 13.4. The molecular weight excluding hydrogens is 435 g/mol. The predicted octanol–water partition coefficient (Wildman–Crippen LogP) is 4.30. The minimum absolute atomic E-state index is 0.0324. The number of carbonyl (C=O) groups is 1. The lowest BCUT2D eigenvalue weighted by Crippen LogP contribution is -2.13. The van der Waals surface area contributed by atoms with Gasteiger partial charge in [0.25, 0.3) is 15.9 Å². The molecule has 8 nitrogen and oxygen atoms in total. The van der Waals surface area contributed by atoms with E-state index in [0.29, 0.717) is 22.5 Å². The monoisotopic (exact) mass is 452 g/mol. The second-order valence-electron chi connectivity index (χ2n) is 6.83. The van der Waals surface area contributed by atoms with E-state index in [0.717, 1.165) is 0 Å². The average Bonchev–Trinajstić information content (AvgIpc) is 3.24. The first kappa shape index (κ1) is 21.2. The summed E-state index contributed by atoms with van der Waals surface area (Å²) in [4.78, 5) is 15.4. The van der Waals surface area contributed by atoms with Crippen LogP contribution in [0.1, 0.15) is 6.92 Å². The first-order valence-electron chi connectivity index (χ1n) is 9.41. The molecule has 32 heavy (non-hydrogen) atoms. The summed E-state index contributed by atoms with van der Waals surface area (Å²) in [5.41, 5.74) is 1.73. The van der Waals surface area contributed by atoms with Crippen LogP contribution in [0.5, 0.6) is 0 Å². The van der Waals surface area contributed by atoms with Crippen molar-refractivity contribution in [3.8, 4) is 22.8 Å². The minimum atomic E-state index is -3.87. The Morgan fingerprint density at radius 3 is 2.38 bits per heavy atom. The van der Waals surface area contributed by atoms with E-state index in [9.17, 15) is 17.6 Å². The van der Waals surface area contributed by atoms with Gasteiger partial charge in [-0.3, -0.25) is 9.52 Å². The molecule has 0 atom stereocenters. The number of aromatic nitrogens is 2. The summed E-state index contributed by atoms with van der Waals surface area (Å²) in [5, 5.41) is 6.48. The number of hydrogen-bond donors (Lipinski definition) is 2. The maximum Gasteiger partial charge on any atom is 0.261 e. The van der Waals surface area contributed by atoms with Gasteiger partial charge in [0.15, 0.2) is 0 Å². The summed E-state index contributed by atoms with van der Waals surface area (Å²) in [7, 11) is -3.87. The highest BCUT2D eigenvalue weighted by Crippen LogP contribution is 2.26. The molecule has 0 unspecified atom stereocenters. The highest BCUT2D eigenvalue weighted by Gasteiger charge is 2.16. The van der Waals surface area contributed by atoms with E-state index in [2.05, 4.69) is 20.2 Å². The number of hydrogen-bond acceptors (Lipinski definition) is 6. The summed E-state index contributed by atoms with van der Waals surface area (Å²) >= 11 is 0. The Hall–Kier alpha value is -4.05. The summed E-state index contributed by atoms with van der Waals surface area (Å²) in [5.74, 6) is -0.309. The third-order valence-electron chi connectivity index (χ3n) is 4.36. The van der Waals surface area contributed by atoms with Gasteiger partial charge in [-0.2, -0.15) is 4.98 Å². The second kappa shape index (κ2) is 8.60. The molecule has 1 heterocycles. The molecule has 0 aliphatic rings. The van der Waals surface area contributed by atoms with Gasteiger partial charge in [0.2, 0.25) is 11.7 Å². The van der Waals surface area contributed by atoms with Gasteiger partial charge >= 0.3 is 0 Å². The standard InChI is InChI=1S/C22H17FN4O4S/c1-14(28)24-18-8-10-20(11-9-18)32(29,30)27-19-7-3-4-15(13-19)21-25-22(31-26-21)16-5-2-6-17(23)12-16/h2-13,27H,1H3,(H,24,28). The molecular formula is C22H17FN4O4S. The number of benzene rings is 3. The predicted molar refractivity (Wildman–Crippen MR) is 117 cm³/mol. The van der Waals surface area contributed by atoms with Gasteiger partial charge in [0.1, 0.15) is 5.82 Å². The van der Waals surface area contributed by atoms with E-state index in [1.54, 1.807) is 30.3 Å². The normalized spacial score (nSPS) is 11.2. The first-order chi connectivity index (χ1) is 15.3. The van der Waals surface area contributed by atoms with Crippen LogP contribution < -0.4 is 10.0 Å². The van der Waals surface area contributed by atoms with Gasteiger partial charge < -0.3 is 9.84 Å². The molecule has 1 amide bonds. The summed E-state index contributed by atoms with van der Waals surface area (Å²) < 4.78 is 46.6. The maximum atomic E-state index is 13.4. The number of halogens is 1. The molecule has 2 N–H and O–H groups in total. The molecule has 162 valence electrons. The van der Waals surface area contributed by atoms with Crippen LogP contribution >= 0.6 is 0 Å². The van der Waals surface area contributed by atoms with E-state index in [1.807, 2.05) is 0 Å². The Morgan fingerprint density at radius 2 is 1.66 bits per heavy atom. The number of anilines is 2. The van der Waals surface area contributed by atoms with Crippen molar-refractivity contribution in [1.82, 2.24) is 10.1 Å². The van der Waals surface area contributed by atoms with Gasteiger partial charge in [-0.1, -0.05) is 23.4 Å². The summed E-state index contributed by atoms with van der Waals surface area (Å²) in [6, 6.07) is 18.0. The molecule has 0 bridgehead atoms. The number of carbonyl (C=O) groups excluding carboxylic acids is 1. The number of sulfonamides is 1. The fourth-order valence-electron chi connectivity index (χ4n) is 2.94. The molecule has 0 spiro atoms. The fraction of sp³-hybridized carbons (Fsp3) is 0.0455. The Morgan fingerprint density at radius 1 is 0.938 bits per heavy atom. The van der Waals surface area contributed by atoms with Crippen LogP contribution in [0.15, 0.2) is 82.2 Å². The second-order valence-corrected chi connectivity index (χ2v) is 8.51. The highest BCUT2D eigenvalue weighted by molar-refractivity contribution is 7.92. The zero-order valence-corrected chi connectivity index (χ0v) is 17.6. The molecule has 3 aromatic carbocycles. The zero-order chi connectivity index (χ0) is 22.7. The van der Waals surface area contributed by atoms with E-state index in [4.69, 9.17) is 4.52 Å². The lowest BCUT2D eigenvalue weighted by molar-refractivity contribution is -0.114. The molecule has 0 radical (unpaired) electrons. The first-order valence-corrected chi connectivity index (χ1v) is 10.9. The third-order valence-corrected chi connectivity index (χ3v) is 5.75. The summed E-state index contributed by atoms with van der Waals surface area (Å²) in [6.07, 6.45) is 0. The van der Waals surface area contributed by atoms with Crippen LogP contribution in [-0.2, 0) is 14.8 Å². The number of amides is 1. The minimum Gasteiger partial charge on any atom is -0.334 e. The highest BCUT2D eigenvalue weighted by atomic mass is 32.2. The lowest BCUT2D eigenvalue weighted by atomic mass is 10.2. The molecule has 0 saturated heterocycles. The van der Waals surface area contributed by atoms with Gasteiger partial charge in [0.05, 0.1) is 4.90 Å². The van der Waals surface area contributed by atoms with Crippen LogP contribution in [0.3, 0.4) is 0 Å². The number of nitrogens with zero attached hydrogens (tertiary/aromatic N) is 2. The molecule has 10 heteroatoms. The smallest absolute Gasteiger partial charge is 0.261 e. The van der Waals surface area contributed by atoms with Crippen molar-refractivity contribution < 1.29 is 22.1 Å². The fourth-order valence-corrected chi connectivity index (χ4v) is 3.99. The van der Waals surface area contributed by atoms with Crippen LogP contribution in [0.2, 0.25) is 0 Å². The molecule has 0 fully saturated rings. The molecule has 0 saturated carbocycles. The van der Waals surface area contributed by atoms with Crippen molar-refractivity contribution in [1.29, 1.82) is 0 Å². The SMILES string of the molecule is CC(=O)Nc1ccc(S(=O)(=O)Nc2cccc(-c3noc(-c4cccc(F)c4)n3)c2)cc1. The van der Waals surface area contributed by atoms with Crippen LogP contribution in [0.25, 0.3) is 22.8 Å². The van der Waals surface area contributed by atoms with E-state index < -0.39 is 15.8 Å². The van der Waals surface area contributed by atoms with E-state index >= 15 is 0 Å². The topological polar surface area (TPSA) is 114 Å². The summed E-state index contributed by atoms with van der Waals surface area (Å²) in [6.45, 7) is 1.37. The van der Waals surface area contributed by atoms with E-state index in [-0.39, 0.29) is 22.5 Å². The molecule has 0 aliphatic heterocycles. The lowest BCUT2D eigenvalue weighted by Gasteiger charge is -2.09. The van der Waals surface area contributed by atoms with Gasteiger partial charge in [-0.25, -0.2) is 12.8 Å². The number of rotatable bonds is 6.